The van der Waals surface area contributed by atoms with Crippen LogP contribution in [-0.2, 0) is 6.54 Å². The van der Waals surface area contributed by atoms with E-state index in [0.29, 0.717) is 6.54 Å². The molecular weight excluding hydrogens is 128 g/mol. The molecule has 0 atom stereocenters. The molecule has 3 nitrogen and oxygen atoms in total. The lowest BCUT2D eigenvalue weighted by molar-refractivity contribution is 0.693. The zero-order valence-corrected chi connectivity index (χ0v) is 6.16. The summed E-state index contributed by atoms with van der Waals surface area (Å²) in [5.74, 6) is 0. The fraction of sp³-hybridized carbons (Fsp3) is 0.429. The molecule has 54 valence electrons. The van der Waals surface area contributed by atoms with E-state index in [1.54, 1.807) is 17.0 Å². The third-order valence-corrected chi connectivity index (χ3v) is 1.32. The maximum absolute atomic E-state index is 10.9. The number of hydrogen-bond acceptors (Lipinski definition) is 2. The average molecular weight is 138 g/mol. The van der Waals surface area contributed by atoms with Gasteiger partial charge in [0.1, 0.15) is 0 Å². The molecule has 0 bridgehead atoms. The summed E-state index contributed by atoms with van der Waals surface area (Å²) in [6.07, 6.45) is 3.38. The fourth-order valence-corrected chi connectivity index (χ4v) is 0.792. The van der Waals surface area contributed by atoms with Crippen LogP contribution in [0.3, 0.4) is 0 Å². The Morgan fingerprint density at radius 3 is 2.90 bits per heavy atom. The van der Waals surface area contributed by atoms with E-state index in [1.807, 2.05) is 13.8 Å². The zero-order valence-electron chi connectivity index (χ0n) is 6.16. The first kappa shape index (κ1) is 6.99. The van der Waals surface area contributed by atoms with Crippen molar-refractivity contribution in [3.05, 3.63) is 28.4 Å². The van der Waals surface area contributed by atoms with Crippen molar-refractivity contribution in [2.75, 3.05) is 0 Å². The van der Waals surface area contributed by atoms with Crippen molar-refractivity contribution in [1.82, 2.24) is 9.55 Å². The van der Waals surface area contributed by atoms with Crippen LogP contribution in [-0.4, -0.2) is 9.55 Å². The Hall–Kier alpha value is -1.12. The van der Waals surface area contributed by atoms with Gasteiger partial charge < -0.3 is 0 Å². The van der Waals surface area contributed by atoms with Crippen LogP contribution in [0.1, 0.15) is 12.5 Å². The second-order valence-electron chi connectivity index (χ2n) is 2.20. The molecule has 0 aliphatic carbocycles. The summed E-state index contributed by atoms with van der Waals surface area (Å²) in [6.45, 7) is 4.52. The van der Waals surface area contributed by atoms with Crippen molar-refractivity contribution < 1.29 is 0 Å². The highest BCUT2D eigenvalue weighted by molar-refractivity contribution is 4.99. The van der Waals surface area contributed by atoms with Crippen LogP contribution in [0.5, 0.6) is 0 Å². The molecule has 0 unspecified atom stereocenters. The molecule has 1 aromatic rings. The van der Waals surface area contributed by atoms with Crippen LogP contribution in [0.15, 0.2) is 17.2 Å². The summed E-state index contributed by atoms with van der Waals surface area (Å²) in [4.78, 5) is 14.5. The van der Waals surface area contributed by atoms with Gasteiger partial charge in [-0.25, -0.2) is 9.78 Å². The van der Waals surface area contributed by atoms with Gasteiger partial charge in [0.25, 0.3) is 0 Å². The molecule has 0 N–H and O–H groups in total. The lowest BCUT2D eigenvalue weighted by Gasteiger charge is -1.98. The Kier molecular flexibility index (Phi) is 1.85. The highest BCUT2D eigenvalue weighted by Gasteiger charge is 1.91. The van der Waals surface area contributed by atoms with E-state index in [2.05, 4.69) is 4.98 Å². The molecule has 0 saturated heterocycles. The maximum atomic E-state index is 10.9. The summed E-state index contributed by atoms with van der Waals surface area (Å²) in [7, 11) is 0. The minimum Gasteiger partial charge on any atom is -0.299 e. The minimum atomic E-state index is -0.173. The van der Waals surface area contributed by atoms with E-state index in [9.17, 15) is 4.79 Å². The molecule has 0 aliphatic rings. The first-order chi connectivity index (χ1) is 4.74. The highest BCUT2D eigenvalue weighted by atomic mass is 16.1. The molecule has 0 amide bonds. The monoisotopic (exact) mass is 138 g/mol. The number of hydrogen-bond donors (Lipinski definition) is 0. The Morgan fingerprint density at radius 2 is 2.40 bits per heavy atom. The van der Waals surface area contributed by atoms with Gasteiger partial charge in [-0.1, -0.05) is 0 Å². The molecule has 1 rings (SSSR count). The fourth-order valence-electron chi connectivity index (χ4n) is 0.792. The molecule has 0 aliphatic heterocycles. The molecule has 1 aromatic heterocycles. The van der Waals surface area contributed by atoms with Gasteiger partial charge in [-0.3, -0.25) is 4.57 Å². The Morgan fingerprint density at radius 1 is 1.70 bits per heavy atom. The standard InChI is InChI=1S/C7H10N2O/c1-3-9-5-6(2)4-8-7(9)10/h4-5H,3H2,1-2H3. The maximum Gasteiger partial charge on any atom is 0.347 e. The number of aromatic nitrogens is 2. The lowest BCUT2D eigenvalue weighted by Crippen LogP contribution is -2.21. The van der Waals surface area contributed by atoms with Crippen molar-refractivity contribution in [1.29, 1.82) is 0 Å². The van der Waals surface area contributed by atoms with Crippen LogP contribution in [0.4, 0.5) is 0 Å². The van der Waals surface area contributed by atoms with Crippen molar-refractivity contribution in [2.24, 2.45) is 0 Å². The van der Waals surface area contributed by atoms with E-state index in [0.717, 1.165) is 5.56 Å². The van der Waals surface area contributed by atoms with Crippen molar-refractivity contribution in [2.45, 2.75) is 20.4 Å². The normalized spacial score (nSPS) is 9.80. The average Bonchev–Trinajstić information content (AvgIpc) is 1.94. The topological polar surface area (TPSA) is 34.9 Å². The van der Waals surface area contributed by atoms with Crippen LogP contribution in [0.25, 0.3) is 0 Å². The minimum absolute atomic E-state index is 0.173. The van der Waals surface area contributed by atoms with Crippen molar-refractivity contribution in [3.8, 4) is 0 Å². The highest BCUT2D eigenvalue weighted by Crippen LogP contribution is 1.87. The SMILES string of the molecule is CCn1cc(C)cnc1=O. The number of nitrogens with zero attached hydrogens (tertiary/aromatic N) is 2. The van der Waals surface area contributed by atoms with Gasteiger partial charge in [0.05, 0.1) is 0 Å². The molecule has 0 fully saturated rings. The molecule has 3 heteroatoms. The molecule has 0 radical (unpaired) electrons. The van der Waals surface area contributed by atoms with Crippen molar-refractivity contribution in [3.63, 3.8) is 0 Å². The summed E-state index contributed by atoms with van der Waals surface area (Å²) >= 11 is 0. The first-order valence-electron chi connectivity index (χ1n) is 3.27. The summed E-state index contributed by atoms with van der Waals surface area (Å²) < 4.78 is 1.58. The molecule has 0 aromatic carbocycles. The first-order valence-corrected chi connectivity index (χ1v) is 3.27. The molecule has 10 heavy (non-hydrogen) atoms. The zero-order chi connectivity index (χ0) is 7.56. The van der Waals surface area contributed by atoms with Crippen LogP contribution in [0.2, 0.25) is 0 Å². The predicted octanol–water partition coefficient (Wildman–Crippen LogP) is 0.572. The smallest absolute Gasteiger partial charge is 0.299 e. The Balaban J connectivity index is 3.22. The van der Waals surface area contributed by atoms with Gasteiger partial charge in [-0.15, -0.1) is 0 Å². The molecular formula is C7H10N2O. The van der Waals surface area contributed by atoms with E-state index in [1.165, 1.54) is 0 Å². The van der Waals surface area contributed by atoms with E-state index >= 15 is 0 Å². The van der Waals surface area contributed by atoms with E-state index in [-0.39, 0.29) is 5.69 Å². The third-order valence-electron chi connectivity index (χ3n) is 1.32. The van der Waals surface area contributed by atoms with Gasteiger partial charge in [0, 0.05) is 18.9 Å². The van der Waals surface area contributed by atoms with E-state index in [4.69, 9.17) is 0 Å². The van der Waals surface area contributed by atoms with Gasteiger partial charge in [0.2, 0.25) is 0 Å². The second-order valence-corrected chi connectivity index (χ2v) is 2.20. The van der Waals surface area contributed by atoms with Gasteiger partial charge in [-0.05, 0) is 19.4 Å². The third kappa shape index (κ3) is 1.23. The second kappa shape index (κ2) is 2.64. The molecule has 0 spiro atoms. The molecule has 0 saturated carbocycles. The van der Waals surface area contributed by atoms with Crippen LogP contribution >= 0.6 is 0 Å². The Labute approximate surface area is 59.3 Å². The number of rotatable bonds is 1. The predicted molar refractivity (Wildman–Crippen MR) is 38.9 cm³/mol. The summed E-state index contributed by atoms with van der Waals surface area (Å²) in [5.41, 5.74) is 0.842. The summed E-state index contributed by atoms with van der Waals surface area (Å²) in [6, 6.07) is 0. The Bertz CT molecular complexity index is 277. The van der Waals surface area contributed by atoms with Gasteiger partial charge >= 0.3 is 5.69 Å². The van der Waals surface area contributed by atoms with Crippen LogP contribution < -0.4 is 5.69 Å². The van der Waals surface area contributed by atoms with Gasteiger partial charge in [-0.2, -0.15) is 0 Å². The van der Waals surface area contributed by atoms with E-state index < -0.39 is 0 Å². The molecule has 1 heterocycles. The van der Waals surface area contributed by atoms with Gasteiger partial charge in [0.15, 0.2) is 0 Å². The largest absolute Gasteiger partial charge is 0.347 e. The lowest BCUT2D eigenvalue weighted by atomic mass is 10.4. The number of aryl methyl sites for hydroxylation is 2. The summed E-state index contributed by atoms with van der Waals surface area (Å²) in [5, 5.41) is 0. The van der Waals surface area contributed by atoms with Crippen LogP contribution in [0, 0.1) is 6.92 Å². The van der Waals surface area contributed by atoms with Crippen molar-refractivity contribution >= 4 is 0 Å². The quantitative estimate of drug-likeness (QED) is 0.568.